The van der Waals surface area contributed by atoms with Crippen LogP contribution in [0.4, 0.5) is 4.79 Å². The minimum absolute atomic E-state index is 0.0703. The van der Waals surface area contributed by atoms with E-state index in [2.05, 4.69) is 29.4 Å². The quantitative estimate of drug-likeness (QED) is 0.574. The Hall–Kier alpha value is -1.30. The summed E-state index contributed by atoms with van der Waals surface area (Å²) in [6, 6.07) is -0.366. The first kappa shape index (κ1) is 16.7. The van der Waals surface area contributed by atoms with Gasteiger partial charge in [-0.3, -0.25) is 4.79 Å². The maximum Gasteiger partial charge on any atom is 0.315 e. The van der Waals surface area contributed by atoms with Crippen molar-refractivity contribution in [1.29, 1.82) is 0 Å². The maximum absolute atomic E-state index is 11.5. The molecule has 6 nitrogen and oxygen atoms in total. The first-order valence-electron chi connectivity index (χ1n) is 6.48. The molecule has 6 heteroatoms. The zero-order valence-corrected chi connectivity index (χ0v) is 11.5. The summed E-state index contributed by atoms with van der Waals surface area (Å²) in [4.78, 5) is 24.1. The molecule has 0 radical (unpaired) electrons. The van der Waals surface area contributed by atoms with Gasteiger partial charge in [-0.15, -0.1) is 0 Å². The molecule has 0 heterocycles. The number of carboxylic acids is 1. The number of likely N-dealkylation sites (N-methyl/N-ethyl adjacent to an activating group) is 1. The molecule has 0 aliphatic rings. The number of carboxylic acid groups (broad SMARTS) is 1. The van der Waals surface area contributed by atoms with Crippen LogP contribution in [0.5, 0.6) is 0 Å². The van der Waals surface area contributed by atoms with Crippen molar-refractivity contribution < 1.29 is 14.7 Å². The fourth-order valence-electron chi connectivity index (χ4n) is 1.55. The highest BCUT2D eigenvalue weighted by Crippen LogP contribution is 1.95. The molecule has 18 heavy (non-hydrogen) atoms. The average Bonchev–Trinajstić information content (AvgIpc) is 2.32. The number of nitrogens with zero attached hydrogens (tertiary/aromatic N) is 1. The van der Waals surface area contributed by atoms with E-state index in [4.69, 9.17) is 5.11 Å². The predicted octanol–water partition coefficient (Wildman–Crippen LogP) is 0.881. The second-order valence-electron chi connectivity index (χ2n) is 4.26. The van der Waals surface area contributed by atoms with Crippen LogP contribution in [0.15, 0.2) is 0 Å². The third-order valence-electron chi connectivity index (χ3n) is 2.78. The molecule has 0 spiro atoms. The SMILES string of the molecule is CCN(CC)CCNC(=O)NC(C)CCC(=O)O. The Morgan fingerprint density at radius 3 is 2.39 bits per heavy atom. The molecule has 0 saturated carbocycles. The largest absolute Gasteiger partial charge is 0.481 e. The number of hydrogen-bond acceptors (Lipinski definition) is 3. The highest BCUT2D eigenvalue weighted by Gasteiger charge is 2.08. The van der Waals surface area contributed by atoms with Crippen LogP contribution < -0.4 is 10.6 Å². The summed E-state index contributed by atoms with van der Waals surface area (Å²) in [5, 5.41) is 14.0. The van der Waals surface area contributed by atoms with Crippen LogP contribution in [-0.4, -0.2) is 54.2 Å². The molecule has 0 fully saturated rings. The van der Waals surface area contributed by atoms with E-state index in [0.29, 0.717) is 13.0 Å². The molecular weight excluding hydrogens is 234 g/mol. The van der Waals surface area contributed by atoms with Gasteiger partial charge < -0.3 is 20.6 Å². The van der Waals surface area contributed by atoms with E-state index in [1.54, 1.807) is 6.92 Å². The predicted molar refractivity (Wildman–Crippen MR) is 70.7 cm³/mol. The molecule has 106 valence electrons. The number of hydrogen-bond donors (Lipinski definition) is 3. The Labute approximate surface area is 109 Å². The molecule has 0 saturated heterocycles. The lowest BCUT2D eigenvalue weighted by Crippen LogP contribution is -2.43. The molecule has 1 atom stereocenters. The van der Waals surface area contributed by atoms with Crippen LogP contribution in [0.2, 0.25) is 0 Å². The summed E-state index contributed by atoms with van der Waals surface area (Å²) in [6.45, 7) is 9.31. The summed E-state index contributed by atoms with van der Waals surface area (Å²) >= 11 is 0. The Bertz CT molecular complexity index is 255. The normalized spacial score (nSPS) is 12.2. The van der Waals surface area contributed by atoms with Gasteiger partial charge in [-0.05, 0) is 26.4 Å². The first-order valence-corrected chi connectivity index (χ1v) is 6.48. The molecule has 1 unspecified atom stereocenters. The lowest BCUT2D eigenvalue weighted by molar-refractivity contribution is -0.137. The molecule has 0 rings (SSSR count). The fraction of sp³-hybridized carbons (Fsp3) is 0.833. The van der Waals surface area contributed by atoms with Crippen molar-refractivity contribution in [1.82, 2.24) is 15.5 Å². The fourth-order valence-corrected chi connectivity index (χ4v) is 1.55. The van der Waals surface area contributed by atoms with E-state index in [0.717, 1.165) is 19.6 Å². The third-order valence-corrected chi connectivity index (χ3v) is 2.78. The molecular formula is C12H25N3O3. The molecule has 0 aromatic carbocycles. The number of nitrogens with one attached hydrogen (secondary N) is 2. The lowest BCUT2D eigenvalue weighted by atomic mass is 10.2. The highest BCUT2D eigenvalue weighted by atomic mass is 16.4. The number of carbonyl (C=O) groups excluding carboxylic acids is 1. The molecule has 0 aliphatic carbocycles. The van der Waals surface area contributed by atoms with Crippen molar-refractivity contribution in [2.75, 3.05) is 26.2 Å². The second kappa shape index (κ2) is 9.70. The summed E-state index contributed by atoms with van der Waals surface area (Å²) in [5.41, 5.74) is 0. The van der Waals surface area contributed by atoms with Crippen LogP contribution in [0.25, 0.3) is 0 Å². The number of amides is 2. The lowest BCUT2D eigenvalue weighted by Gasteiger charge is -2.19. The number of carbonyl (C=O) groups is 2. The van der Waals surface area contributed by atoms with E-state index in [1.165, 1.54) is 0 Å². The zero-order chi connectivity index (χ0) is 14.0. The van der Waals surface area contributed by atoms with Crippen molar-refractivity contribution in [2.45, 2.75) is 39.7 Å². The molecule has 3 N–H and O–H groups in total. The van der Waals surface area contributed by atoms with Gasteiger partial charge in [0.25, 0.3) is 0 Å². The van der Waals surface area contributed by atoms with Crippen LogP contribution in [0.1, 0.15) is 33.6 Å². The van der Waals surface area contributed by atoms with E-state index in [9.17, 15) is 9.59 Å². The Kier molecular flexibility index (Phi) is 9.00. The van der Waals surface area contributed by atoms with Gasteiger partial charge in [0.1, 0.15) is 0 Å². The van der Waals surface area contributed by atoms with Crippen molar-refractivity contribution >= 4 is 12.0 Å². The monoisotopic (exact) mass is 259 g/mol. The second-order valence-corrected chi connectivity index (χ2v) is 4.26. The summed E-state index contributed by atoms with van der Waals surface area (Å²) < 4.78 is 0. The van der Waals surface area contributed by atoms with Crippen molar-refractivity contribution in [3.63, 3.8) is 0 Å². The van der Waals surface area contributed by atoms with Gasteiger partial charge in [-0.2, -0.15) is 0 Å². The van der Waals surface area contributed by atoms with Gasteiger partial charge in [-0.1, -0.05) is 13.8 Å². The topological polar surface area (TPSA) is 81.7 Å². The van der Waals surface area contributed by atoms with Crippen LogP contribution >= 0.6 is 0 Å². The van der Waals surface area contributed by atoms with Crippen LogP contribution in [0, 0.1) is 0 Å². The number of rotatable bonds is 9. The van der Waals surface area contributed by atoms with Crippen molar-refractivity contribution in [3.05, 3.63) is 0 Å². The Balaban J connectivity index is 3.67. The average molecular weight is 259 g/mol. The highest BCUT2D eigenvalue weighted by molar-refractivity contribution is 5.74. The minimum Gasteiger partial charge on any atom is -0.481 e. The summed E-state index contributed by atoms with van der Waals surface area (Å²) in [6.07, 6.45) is 0.514. The molecule has 0 aliphatic heterocycles. The van der Waals surface area contributed by atoms with Gasteiger partial charge in [-0.25, -0.2) is 4.79 Å². The standard InChI is InChI=1S/C12H25N3O3/c1-4-15(5-2)9-8-13-12(18)14-10(3)6-7-11(16)17/h10H,4-9H2,1-3H3,(H,16,17)(H2,13,14,18). The van der Waals surface area contributed by atoms with Crippen molar-refractivity contribution in [2.24, 2.45) is 0 Å². The molecule has 2 amide bonds. The van der Waals surface area contributed by atoms with Crippen LogP contribution in [-0.2, 0) is 4.79 Å². The van der Waals surface area contributed by atoms with Gasteiger partial charge >= 0.3 is 12.0 Å². The Morgan fingerprint density at radius 2 is 1.89 bits per heavy atom. The maximum atomic E-state index is 11.5. The smallest absolute Gasteiger partial charge is 0.315 e. The zero-order valence-electron chi connectivity index (χ0n) is 11.5. The number of urea groups is 1. The molecule has 0 aromatic heterocycles. The summed E-state index contributed by atoms with van der Waals surface area (Å²) in [5.74, 6) is -0.842. The van der Waals surface area contributed by atoms with E-state index < -0.39 is 5.97 Å². The van der Waals surface area contributed by atoms with E-state index in [-0.39, 0.29) is 18.5 Å². The van der Waals surface area contributed by atoms with Gasteiger partial charge in [0.05, 0.1) is 0 Å². The van der Waals surface area contributed by atoms with Crippen LogP contribution in [0.3, 0.4) is 0 Å². The first-order chi connectivity index (χ1) is 8.49. The third kappa shape index (κ3) is 8.81. The number of aliphatic carboxylic acids is 1. The summed E-state index contributed by atoms with van der Waals surface area (Å²) in [7, 11) is 0. The van der Waals surface area contributed by atoms with Gasteiger partial charge in [0.15, 0.2) is 0 Å². The van der Waals surface area contributed by atoms with Gasteiger partial charge in [0.2, 0.25) is 0 Å². The Morgan fingerprint density at radius 1 is 1.28 bits per heavy atom. The van der Waals surface area contributed by atoms with E-state index >= 15 is 0 Å². The van der Waals surface area contributed by atoms with Crippen molar-refractivity contribution in [3.8, 4) is 0 Å². The van der Waals surface area contributed by atoms with Gasteiger partial charge in [0, 0.05) is 25.6 Å². The van der Waals surface area contributed by atoms with E-state index in [1.807, 2.05) is 0 Å². The minimum atomic E-state index is -0.842. The molecule has 0 aromatic rings. The molecule has 0 bridgehead atoms.